The molecule has 0 aromatic heterocycles. The summed E-state index contributed by atoms with van der Waals surface area (Å²) >= 11 is 0. The maximum atomic E-state index is 12.4. The molecule has 0 fully saturated rings. The molecular formula is C14H18N2O6S2. The number of benzene rings is 1. The van der Waals surface area contributed by atoms with E-state index in [1.807, 2.05) is 0 Å². The van der Waals surface area contributed by atoms with Crippen LogP contribution in [0.5, 0.6) is 5.75 Å². The van der Waals surface area contributed by atoms with E-state index in [4.69, 9.17) is 9.71 Å². The van der Waals surface area contributed by atoms with Crippen molar-refractivity contribution in [3.8, 4) is 5.75 Å². The van der Waals surface area contributed by atoms with Crippen LogP contribution in [0.2, 0.25) is 0 Å². The van der Waals surface area contributed by atoms with E-state index in [1.165, 1.54) is 27.7 Å². The molecule has 10 heteroatoms. The van der Waals surface area contributed by atoms with E-state index in [0.29, 0.717) is 0 Å². The first-order valence-electron chi connectivity index (χ1n) is 6.89. The van der Waals surface area contributed by atoms with Crippen molar-refractivity contribution in [1.29, 1.82) is 0 Å². The summed E-state index contributed by atoms with van der Waals surface area (Å²) in [6.07, 6.45) is 0. The number of Topliss-reactive ketones (excluding diaryl/α,β-unsaturated/α-hetero) is 1. The minimum Gasteiger partial charge on any atom is -0.382 e. The molecule has 0 saturated carbocycles. The molecule has 0 spiro atoms. The Bertz CT molecular complexity index is 888. The van der Waals surface area contributed by atoms with Crippen LogP contribution in [0.25, 0.3) is 5.53 Å². The molecule has 0 heterocycles. The Labute approximate surface area is 141 Å². The second kappa shape index (κ2) is 6.84. The van der Waals surface area contributed by atoms with Crippen molar-refractivity contribution in [3.63, 3.8) is 0 Å². The second-order valence-electron chi connectivity index (χ2n) is 5.89. The summed E-state index contributed by atoms with van der Waals surface area (Å²) in [6, 6.07) is 4.40. The number of hydrogen-bond donors (Lipinski definition) is 0. The van der Waals surface area contributed by atoms with Crippen LogP contribution in [0.15, 0.2) is 29.2 Å². The predicted molar refractivity (Wildman–Crippen MR) is 86.8 cm³/mol. The number of rotatable bonds is 5. The Morgan fingerprint density at radius 3 is 2.00 bits per heavy atom. The topological polar surface area (TPSA) is 131 Å². The lowest BCUT2D eigenvalue weighted by Crippen LogP contribution is -2.34. The third-order valence-electron chi connectivity index (χ3n) is 2.93. The van der Waals surface area contributed by atoms with E-state index in [-0.39, 0.29) is 16.4 Å². The Balaban J connectivity index is 3.26. The molecule has 0 amide bonds. The first-order valence-corrected chi connectivity index (χ1v) is 9.95. The van der Waals surface area contributed by atoms with Gasteiger partial charge in [0, 0.05) is 5.41 Å². The highest BCUT2D eigenvalue weighted by atomic mass is 32.2. The Morgan fingerprint density at radius 1 is 1.12 bits per heavy atom. The molecule has 0 aliphatic carbocycles. The summed E-state index contributed by atoms with van der Waals surface area (Å²) in [7, 11) is -8.10. The van der Waals surface area contributed by atoms with Crippen LogP contribution in [0, 0.1) is 5.41 Å². The predicted octanol–water partition coefficient (Wildman–Crippen LogP) is 1.43. The lowest BCUT2D eigenvalue weighted by molar-refractivity contribution is -0.123. The van der Waals surface area contributed by atoms with E-state index in [9.17, 15) is 21.6 Å². The molecule has 0 saturated heterocycles. The average Bonchev–Trinajstić information content (AvgIpc) is 2.47. The van der Waals surface area contributed by atoms with Crippen molar-refractivity contribution >= 4 is 30.8 Å². The van der Waals surface area contributed by atoms with E-state index in [1.54, 1.807) is 0 Å². The van der Waals surface area contributed by atoms with Gasteiger partial charge in [0.15, 0.2) is 0 Å². The zero-order chi connectivity index (χ0) is 18.8. The molecule has 0 atom stereocenters. The highest BCUT2D eigenvalue weighted by Crippen LogP contribution is 2.23. The third kappa shape index (κ3) is 4.50. The van der Waals surface area contributed by atoms with Crippen LogP contribution in [0.3, 0.4) is 0 Å². The summed E-state index contributed by atoms with van der Waals surface area (Å²) in [5.41, 5.74) is 7.92. The van der Waals surface area contributed by atoms with E-state index in [0.717, 1.165) is 24.3 Å². The van der Waals surface area contributed by atoms with Gasteiger partial charge in [0.2, 0.25) is 0 Å². The van der Waals surface area contributed by atoms with Crippen LogP contribution in [0.1, 0.15) is 27.7 Å². The van der Waals surface area contributed by atoms with Gasteiger partial charge >= 0.3 is 15.2 Å². The standard InChI is InChI=1S/C14H18N2O6S2/c1-5-23(18,19)22-10-6-8-11(9-7-10)24(20,21)13(16-15)12(17)14(2,3)4/h6-9H,5H2,1-4H3. The summed E-state index contributed by atoms with van der Waals surface area (Å²) < 4.78 is 52.3. The van der Waals surface area contributed by atoms with Crippen molar-refractivity contribution in [2.45, 2.75) is 32.6 Å². The minimum atomic E-state index is -4.35. The van der Waals surface area contributed by atoms with Crippen molar-refractivity contribution < 1.29 is 30.6 Å². The van der Waals surface area contributed by atoms with Gasteiger partial charge in [-0.1, -0.05) is 20.8 Å². The molecule has 132 valence electrons. The fourth-order valence-corrected chi connectivity index (χ4v) is 3.43. The maximum Gasteiger partial charge on any atom is 0.452 e. The Hall–Kier alpha value is -2.03. The molecule has 0 unspecified atom stereocenters. The molecule has 0 N–H and O–H groups in total. The number of hydrogen-bond acceptors (Lipinski definition) is 6. The Kier molecular flexibility index (Phi) is 5.70. The third-order valence-corrected chi connectivity index (χ3v) is 5.75. The molecule has 1 rings (SSSR count). The summed E-state index contributed by atoms with van der Waals surface area (Å²) in [4.78, 5) is 14.5. The first kappa shape index (κ1) is 20.0. The summed E-state index contributed by atoms with van der Waals surface area (Å²) in [6.45, 7) is 5.87. The highest BCUT2D eigenvalue weighted by Gasteiger charge is 2.43. The van der Waals surface area contributed by atoms with Crippen molar-refractivity contribution in [1.82, 2.24) is 0 Å². The van der Waals surface area contributed by atoms with Gasteiger partial charge in [0.1, 0.15) is 5.75 Å². The van der Waals surface area contributed by atoms with Gasteiger partial charge in [-0.3, -0.25) is 4.79 Å². The van der Waals surface area contributed by atoms with Crippen LogP contribution >= 0.6 is 0 Å². The molecule has 1 aromatic rings. The van der Waals surface area contributed by atoms with Crippen molar-refractivity contribution in [3.05, 3.63) is 29.8 Å². The van der Waals surface area contributed by atoms with Gasteiger partial charge in [-0.15, -0.1) is 4.79 Å². The van der Waals surface area contributed by atoms with Gasteiger partial charge in [0.05, 0.1) is 10.6 Å². The van der Waals surface area contributed by atoms with Gasteiger partial charge < -0.3 is 9.71 Å². The second-order valence-corrected chi connectivity index (χ2v) is 9.61. The lowest BCUT2D eigenvalue weighted by Gasteiger charge is -2.13. The Morgan fingerprint density at radius 2 is 1.62 bits per heavy atom. The van der Waals surface area contributed by atoms with Gasteiger partial charge in [-0.25, -0.2) is 8.42 Å². The fraction of sp³-hybridized carbons (Fsp3) is 0.429. The molecular weight excluding hydrogens is 356 g/mol. The van der Waals surface area contributed by atoms with Crippen LogP contribution in [-0.4, -0.2) is 38.2 Å². The number of carbonyl (C=O) groups is 1. The molecule has 8 nitrogen and oxygen atoms in total. The van der Waals surface area contributed by atoms with Crippen LogP contribution in [-0.2, 0) is 24.7 Å². The summed E-state index contributed by atoms with van der Waals surface area (Å²) in [5.74, 6) is -1.16. The maximum absolute atomic E-state index is 12.4. The molecule has 0 radical (unpaired) electrons. The lowest BCUT2D eigenvalue weighted by atomic mass is 9.91. The monoisotopic (exact) mass is 374 g/mol. The van der Waals surface area contributed by atoms with Gasteiger partial charge in [-0.05, 0) is 31.2 Å². The molecule has 24 heavy (non-hydrogen) atoms. The molecule has 1 aromatic carbocycles. The fourth-order valence-electron chi connectivity index (χ4n) is 1.53. The molecule has 0 aliphatic rings. The first-order chi connectivity index (χ1) is 10.8. The zero-order valence-corrected chi connectivity index (χ0v) is 15.3. The zero-order valence-electron chi connectivity index (χ0n) is 13.7. The van der Waals surface area contributed by atoms with Crippen molar-refractivity contribution in [2.75, 3.05) is 5.75 Å². The highest BCUT2D eigenvalue weighted by molar-refractivity contribution is 8.08. The van der Waals surface area contributed by atoms with Crippen molar-refractivity contribution in [2.24, 2.45) is 5.41 Å². The SMILES string of the molecule is CCS(=O)(=O)Oc1ccc(S(=O)(=O)C(=[N+]=[N-])C(=O)C(C)(C)C)cc1. The number of carbonyl (C=O) groups excluding carboxylic acids is 1. The molecule has 0 aliphatic heterocycles. The normalized spacial score (nSPS) is 12.3. The smallest absolute Gasteiger partial charge is 0.382 e. The van der Waals surface area contributed by atoms with E-state index < -0.39 is 36.2 Å². The van der Waals surface area contributed by atoms with Gasteiger partial charge in [0.25, 0.3) is 15.6 Å². The number of ketones is 1. The summed E-state index contributed by atoms with van der Waals surface area (Å²) in [5, 5.41) is -0.982. The average molecular weight is 374 g/mol. The van der Waals surface area contributed by atoms with Gasteiger partial charge in [-0.2, -0.15) is 8.42 Å². The number of nitrogens with zero attached hydrogens (tertiary/aromatic N) is 2. The van der Waals surface area contributed by atoms with E-state index >= 15 is 0 Å². The largest absolute Gasteiger partial charge is 0.452 e. The quantitative estimate of drug-likeness (QED) is 0.252. The van der Waals surface area contributed by atoms with Crippen LogP contribution < -0.4 is 4.18 Å². The van der Waals surface area contributed by atoms with Crippen LogP contribution in [0.4, 0.5) is 0 Å². The molecule has 0 bridgehead atoms. The van der Waals surface area contributed by atoms with E-state index in [2.05, 4.69) is 4.79 Å². The number of sulfone groups is 1. The minimum absolute atomic E-state index is 0.0690.